The third-order valence-corrected chi connectivity index (χ3v) is 2.68. The van der Waals surface area contributed by atoms with Crippen molar-refractivity contribution in [2.75, 3.05) is 26.7 Å². The first kappa shape index (κ1) is 14.9. The van der Waals surface area contributed by atoms with Crippen molar-refractivity contribution in [2.45, 2.75) is 25.9 Å². The van der Waals surface area contributed by atoms with Gasteiger partial charge in [-0.2, -0.15) is 0 Å². The summed E-state index contributed by atoms with van der Waals surface area (Å²) in [6.45, 7) is 3.73. The molecule has 0 amide bonds. The van der Waals surface area contributed by atoms with Crippen LogP contribution in [0, 0.1) is 5.82 Å². The molecule has 0 aliphatic rings. The zero-order chi connectivity index (χ0) is 13.4. The first-order chi connectivity index (χ1) is 8.63. The van der Waals surface area contributed by atoms with Gasteiger partial charge in [0.2, 0.25) is 0 Å². The third-order valence-electron chi connectivity index (χ3n) is 2.68. The van der Waals surface area contributed by atoms with Gasteiger partial charge in [-0.3, -0.25) is 0 Å². The number of nitrogens with zero attached hydrogens (tertiary/aromatic N) is 1. The number of halogens is 1. The van der Waals surface area contributed by atoms with Crippen molar-refractivity contribution in [3.8, 4) is 5.75 Å². The molecule has 1 aromatic rings. The molecule has 3 nitrogen and oxygen atoms in total. The highest BCUT2D eigenvalue weighted by atomic mass is 19.1. The van der Waals surface area contributed by atoms with E-state index in [1.54, 1.807) is 18.2 Å². The van der Waals surface area contributed by atoms with Gasteiger partial charge in [-0.1, -0.05) is 25.5 Å². The molecule has 0 radical (unpaired) electrons. The van der Waals surface area contributed by atoms with Crippen LogP contribution in [0.25, 0.3) is 0 Å². The molecule has 0 aromatic heterocycles. The van der Waals surface area contributed by atoms with Crippen LogP contribution in [0.2, 0.25) is 0 Å². The summed E-state index contributed by atoms with van der Waals surface area (Å²) in [5.41, 5.74) is 0. The SMILES string of the molecule is CCCCN(C)CC(O)COc1ccccc1F. The van der Waals surface area contributed by atoms with E-state index in [4.69, 9.17) is 4.74 Å². The first-order valence-electron chi connectivity index (χ1n) is 6.37. The van der Waals surface area contributed by atoms with E-state index in [1.165, 1.54) is 6.07 Å². The van der Waals surface area contributed by atoms with E-state index in [1.807, 2.05) is 7.05 Å². The number of rotatable bonds is 8. The minimum absolute atomic E-state index is 0.109. The molecule has 0 fully saturated rings. The number of ether oxygens (including phenoxy) is 1. The zero-order valence-corrected chi connectivity index (χ0v) is 11.1. The van der Waals surface area contributed by atoms with Crippen LogP contribution < -0.4 is 4.74 Å². The van der Waals surface area contributed by atoms with Crippen LogP contribution in [0.5, 0.6) is 5.75 Å². The lowest BCUT2D eigenvalue weighted by Gasteiger charge is -2.20. The molecule has 4 heteroatoms. The fraction of sp³-hybridized carbons (Fsp3) is 0.571. The topological polar surface area (TPSA) is 32.7 Å². The lowest BCUT2D eigenvalue weighted by atomic mass is 10.3. The van der Waals surface area contributed by atoms with Gasteiger partial charge in [-0.25, -0.2) is 4.39 Å². The minimum Gasteiger partial charge on any atom is -0.488 e. The molecule has 18 heavy (non-hydrogen) atoms. The Balaban J connectivity index is 2.28. The Hall–Kier alpha value is -1.13. The monoisotopic (exact) mass is 255 g/mol. The fourth-order valence-electron chi connectivity index (χ4n) is 1.68. The van der Waals surface area contributed by atoms with Crippen LogP contribution in [0.4, 0.5) is 4.39 Å². The Labute approximate surface area is 108 Å². The van der Waals surface area contributed by atoms with Gasteiger partial charge in [-0.15, -0.1) is 0 Å². The number of hydrogen-bond donors (Lipinski definition) is 1. The summed E-state index contributed by atoms with van der Waals surface area (Å²) in [4.78, 5) is 2.05. The van der Waals surface area contributed by atoms with Crippen molar-refractivity contribution in [2.24, 2.45) is 0 Å². The normalized spacial score (nSPS) is 12.7. The van der Waals surface area contributed by atoms with E-state index >= 15 is 0 Å². The highest BCUT2D eigenvalue weighted by Crippen LogP contribution is 2.15. The van der Waals surface area contributed by atoms with Crippen LogP contribution in [-0.4, -0.2) is 42.9 Å². The predicted octanol–water partition coefficient (Wildman–Crippen LogP) is 2.30. The molecular weight excluding hydrogens is 233 g/mol. The van der Waals surface area contributed by atoms with Gasteiger partial charge < -0.3 is 14.7 Å². The molecule has 0 saturated heterocycles. The summed E-state index contributed by atoms with van der Waals surface area (Å²) >= 11 is 0. The van der Waals surface area contributed by atoms with Crippen molar-refractivity contribution in [3.63, 3.8) is 0 Å². The number of aliphatic hydroxyl groups is 1. The standard InChI is InChI=1S/C14H22FNO2/c1-3-4-9-16(2)10-12(17)11-18-14-8-6-5-7-13(14)15/h5-8,12,17H,3-4,9-11H2,1-2H3. The van der Waals surface area contributed by atoms with Crippen molar-refractivity contribution in [1.82, 2.24) is 4.90 Å². The second kappa shape index (κ2) is 8.06. The Morgan fingerprint density at radius 2 is 2.11 bits per heavy atom. The van der Waals surface area contributed by atoms with Crippen LogP contribution in [-0.2, 0) is 0 Å². The van der Waals surface area contributed by atoms with Crippen molar-refractivity contribution < 1.29 is 14.2 Å². The van der Waals surface area contributed by atoms with E-state index in [0.717, 1.165) is 19.4 Å². The summed E-state index contributed by atoms with van der Waals surface area (Å²) in [5.74, 6) is -0.211. The molecule has 102 valence electrons. The second-order valence-electron chi connectivity index (χ2n) is 4.51. The molecule has 0 aliphatic carbocycles. The van der Waals surface area contributed by atoms with Gasteiger partial charge in [0.25, 0.3) is 0 Å². The number of benzene rings is 1. The maximum Gasteiger partial charge on any atom is 0.165 e. The third kappa shape index (κ3) is 5.47. The highest BCUT2D eigenvalue weighted by molar-refractivity contribution is 5.23. The minimum atomic E-state index is -0.605. The summed E-state index contributed by atoms with van der Waals surface area (Å²) in [7, 11) is 1.96. The molecule has 1 rings (SSSR count). The van der Waals surface area contributed by atoms with Gasteiger partial charge in [0.1, 0.15) is 12.7 Å². The van der Waals surface area contributed by atoms with Crippen molar-refractivity contribution >= 4 is 0 Å². The van der Waals surface area contributed by atoms with E-state index in [2.05, 4.69) is 11.8 Å². The molecule has 0 heterocycles. The molecule has 0 spiro atoms. The largest absolute Gasteiger partial charge is 0.488 e. The second-order valence-corrected chi connectivity index (χ2v) is 4.51. The fourth-order valence-corrected chi connectivity index (χ4v) is 1.68. The molecule has 0 saturated carbocycles. The van der Waals surface area contributed by atoms with Gasteiger partial charge in [0.15, 0.2) is 11.6 Å². The molecule has 1 atom stereocenters. The average Bonchev–Trinajstić information content (AvgIpc) is 2.35. The maximum atomic E-state index is 13.3. The smallest absolute Gasteiger partial charge is 0.165 e. The number of hydrogen-bond acceptors (Lipinski definition) is 3. The Kier molecular flexibility index (Phi) is 6.68. The maximum absolute atomic E-state index is 13.3. The number of aliphatic hydroxyl groups excluding tert-OH is 1. The molecule has 0 aliphatic heterocycles. The summed E-state index contributed by atoms with van der Waals surface area (Å²) < 4.78 is 18.5. The lowest BCUT2D eigenvalue weighted by molar-refractivity contribution is 0.0744. The Bertz CT molecular complexity index is 346. The predicted molar refractivity (Wildman–Crippen MR) is 70.3 cm³/mol. The van der Waals surface area contributed by atoms with Crippen LogP contribution >= 0.6 is 0 Å². The zero-order valence-electron chi connectivity index (χ0n) is 11.1. The van der Waals surface area contributed by atoms with Crippen molar-refractivity contribution in [3.05, 3.63) is 30.1 Å². The van der Waals surface area contributed by atoms with E-state index < -0.39 is 11.9 Å². The lowest BCUT2D eigenvalue weighted by Crippen LogP contribution is -2.33. The molecule has 1 aromatic carbocycles. The van der Waals surface area contributed by atoms with Crippen molar-refractivity contribution in [1.29, 1.82) is 0 Å². The average molecular weight is 255 g/mol. The number of likely N-dealkylation sites (N-methyl/N-ethyl adjacent to an activating group) is 1. The highest BCUT2D eigenvalue weighted by Gasteiger charge is 2.10. The van der Waals surface area contributed by atoms with Gasteiger partial charge in [0, 0.05) is 6.54 Å². The van der Waals surface area contributed by atoms with Gasteiger partial charge >= 0.3 is 0 Å². The van der Waals surface area contributed by atoms with E-state index in [0.29, 0.717) is 6.54 Å². The van der Waals surface area contributed by atoms with E-state index in [-0.39, 0.29) is 12.4 Å². The summed E-state index contributed by atoms with van der Waals surface area (Å²) in [5, 5.41) is 9.78. The molecule has 1 N–H and O–H groups in total. The summed E-state index contributed by atoms with van der Waals surface area (Å²) in [6.07, 6.45) is 1.63. The quantitative estimate of drug-likeness (QED) is 0.773. The Morgan fingerprint density at radius 3 is 2.78 bits per heavy atom. The summed E-state index contributed by atoms with van der Waals surface area (Å²) in [6, 6.07) is 6.22. The molecular formula is C14H22FNO2. The van der Waals surface area contributed by atoms with Gasteiger partial charge in [0.05, 0.1) is 0 Å². The van der Waals surface area contributed by atoms with Crippen LogP contribution in [0.1, 0.15) is 19.8 Å². The molecule has 0 bridgehead atoms. The van der Waals surface area contributed by atoms with Crippen LogP contribution in [0.15, 0.2) is 24.3 Å². The van der Waals surface area contributed by atoms with Crippen LogP contribution in [0.3, 0.4) is 0 Å². The van der Waals surface area contributed by atoms with E-state index in [9.17, 15) is 9.50 Å². The number of unbranched alkanes of at least 4 members (excludes halogenated alkanes) is 1. The first-order valence-corrected chi connectivity index (χ1v) is 6.37. The van der Waals surface area contributed by atoms with Gasteiger partial charge in [-0.05, 0) is 32.1 Å². The molecule has 1 unspecified atom stereocenters. The Morgan fingerprint density at radius 1 is 1.39 bits per heavy atom. The number of para-hydroxylation sites is 1.